The van der Waals surface area contributed by atoms with Crippen molar-refractivity contribution in [3.8, 4) is 0 Å². The van der Waals surface area contributed by atoms with Crippen molar-refractivity contribution >= 4 is 6.21 Å². The van der Waals surface area contributed by atoms with E-state index in [1.165, 1.54) is 0 Å². The Morgan fingerprint density at radius 2 is 2.71 bits per heavy atom. The van der Waals surface area contributed by atoms with Crippen molar-refractivity contribution in [3.63, 3.8) is 0 Å². The van der Waals surface area contributed by atoms with Crippen molar-refractivity contribution in [1.82, 2.24) is 0 Å². The van der Waals surface area contributed by atoms with E-state index in [9.17, 15) is 0 Å². The van der Waals surface area contributed by atoms with E-state index in [0.717, 1.165) is 12.8 Å². The molecule has 0 aromatic rings. The molecule has 0 spiro atoms. The fourth-order valence-corrected chi connectivity index (χ4v) is 0.562. The van der Waals surface area contributed by atoms with Crippen LogP contribution in [0.1, 0.15) is 19.8 Å². The molecule has 0 bridgehead atoms. The third kappa shape index (κ3) is 1.18. The molecule has 0 aliphatic carbocycles. The standard InChI is InChI=1S/C5H9NO/c1-5-3-2-4-6-7-5/h4-5H,2-3H2,1H3. The normalized spacial score (nSPS) is 29.6. The van der Waals surface area contributed by atoms with Gasteiger partial charge < -0.3 is 4.84 Å². The van der Waals surface area contributed by atoms with Crippen LogP contribution < -0.4 is 0 Å². The van der Waals surface area contributed by atoms with Gasteiger partial charge in [0.05, 0.1) is 0 Å². The summed E-state index contributed by atoms with van der Waals surface area (Å²) in [5.74, 6) is 0. The molecule has 1 atom stereocenters. The zero-order valence-corrected chi connectivity index (χ0v) is 4.42. The third-order valence-corrected chi connectivity index (χ3v) is 1.02. The van der Waals surface area contributed by atoms with Crippen LogP contribution in [0.2, 0.25) is 0 Å². The molecular weight excluding hydrogens is 90.1 g/mol. The van der Waals surface area contributed by atoms with E-state index < -0.39 is 0 Å². The number of rotatable bonds is 0. The summed E-state index contributed by atoms with van der Waals surface area (Å²) >= 11 is 0. The lowest BCUT2D eigenvalue weighted by Gasteiger charge is -2.10. The Labute approximate surface area is 43.2 Å². The van der Waals surface area contributed by atoms with Gasteiger partial charge in [-0.2, -0.15) is 0 Å². The molecule has 1 aliphatic heterocycles. The van der Waals surface area contributed by atoms with Crippen LogP contribution in [0, 0.1) is 0 Å². The highest BCUT2D eigenvalue weighted by Crippen LogP contribution is 2.04. The fourth-order valence-electron chi connectivity index (χ4n) is 0.562. The summed E-state index contributed by atoms with van der Waals surface area (Å²) in [4.78, 5) is 4.85. The Balaban J connectivity index is 2.32. The van der Waals surface area contributed by atoms with Gasteiger partial charge in [0.15, 0.2) is 0 Å². The van der Waals surface area contributed by atoms with E-state index in [-0.39, 0.29) is 0 Å². The lowest BCUT2D eigenvalue weighted by atomic mass is 10.2. The van der Waals surface area contributed by atoms with Gasteiger partial charge in [-0.3, -0.25) is 0 Å². The monoisotopic (exact) mass is 99.1 g/mol. The zero-order valence-electron chi connectivity index (χ0n) is 4.42. The highest BCUT2D eigenvalue weighted by molar-refractivity contribution is 5.56. The molecule has 0 aromatic carbocycles. The van der Waals surface area contributed by atoms with Gasteiger partial charge in [-0.1, -0.05) is 5.16 Å². The summed E-state index contributed by atoms with van der Waals surface area (Å²) in [6.45, 7) is 2.02. The Hall–Kier alpha value is -0.530. The second-order valence-corrected chi connectivity index (χ2v) is 1.78. The molecule has 1 rings (SSSR count). The van der Waals surface area contributed by atoms with Crippen LogP contribution in [0.15, 0.2) is 5.16 Å². The Bertz CT molecular complexity index is 80.1. The van der Waals surface area contributed by atoms with Gasteiger partial charge in [-0.15, -0.1) is 0 Å². The lowest BCUT2D eigenvalue weighted by molar-refractivity contribution is 0.0593. The van der Waals surface area contributed by atoms with Crippen LogP contribution >= 0.6 is 0 Å². The Kier molecular flexibility index (Phi) is 1.29. The predicted molar refractivity (Wildman–Crippen MR) is 28.3 cm³/mol. The predicted octanol–water partition coefficient (Wildman–Crippen LogP) is 1.17. The first-order valence-electron chi connectivity index (χ1n) is 2.57. The maximum Gasteiger partial charge on any atom is 0.125 e. The van der Waals surface area contributed by atoms with Crippen molar-refractivity contribution in [2.75, 3.05) is 0 Å². The minimum Gasteiger partial charge on any atom is -0.393 e. The molecule has 2 nitrogen and oxygen atoms in total. The molecule has 0 N–H and O–H groups in total. The van der Waals surface area contributed by atoms with Crippen LogP contribution in [0.4, 0.5) is 0 Å². The molecule has 1 aliphatic rings. The first kappa shape index (κ1) is 4.62. The highest BCUT2D eigenvalue weighted by atomic mass is 16.6. The molecule has 0 saturated carbocycles. The van der Waals surface area contributed by atoms with Gasteiger partial charge in [0.1, 0.15) is 6.10 Å². The largest absolute Gasteiger partial charge is 0.393 e. The van der Waals surface area contributed by atoms with Crippen molar-refractivity contribution in [1.29, 1.82) is 0 Å². The molecule has 0 radical (unpaired) electrons. The Morgan fingerprint density at radius 3 is 3.00 bits per heavy atom. The third-order valence-electron chi connectivity index (χ3n) is 1.02. The van der Waals surface area contributed by atoms with Crippen LogP contribution in [0.5, 0.6) is 0 Å². The first-order valence-corrected chi connectivity index (χ1v) is 2.57. The van der Waals surface area contributed by atoms with Crippen LogP contribution in [0.3, 0.4) is 0 Å². The van der Waals surface area contributed by atoms with Crippen LogP contribution in [0.25, 0.3) is 0 Å². The molecule has 7 heavy (non-hydrogen) atoms. The van der Waals surface area contributed by atoms with Gasteiger partial charge in [0.25, 0.3) is 0 Å². The maximum atomic E-state index is 4.85. The van der Waals surface area contributed by atoms with Crippen molar-refractivity contribution in [2.45, 2.75) is 25.9 Å². The van der Waals surface area contributed by atoms with E-state index in [1.807, 2.05) is 6.92 Å². The van der Waals surface area contributed by atoms with E-state index in [1.54, 1.807) is 6.21 Å². The van der Waals surface area contributed by atoms with Gasteiger partial charge in [0.2, 0.25) is 0 Å². The smallest absolute Gasteiger partial charge is 0.125 e. The SMILES string of the molecule is CC1CCC=NO1. The van der Waals surface area contributed by atoms with E-state index in [2.05, 4.69) is 5.16 Å². The molecule has 1 unspecified atom stereocenters. The minimum atomic E-state index is 0.338. The number of hydrogen-bond acceptors (Lipinski definition) is 2. The number of nitrogens with zero attached hydrogens (tertiary/aromatic N) is 1. The quantitative estimate of drug-likeness (QED) is 0.446. The van der Waals surface area contributed by atoms with E-state index in [4.69, 9.17) is 4.84 Å². The average molecular weight is 99.1 g/mol. The zero-order chi connectivity index (χ0) is 5.11. The fraction of sp³-hybridized carbons (Fsp3) is 0.800. The number of oxime groups is 1. The second-order valence-electron chi connectivity index (χ2n) is 1.78. The molecule has 0 aromatic heterocycles. The summed E-state index contributed by atoms with van der Waals surface area (Å²) < 4.78 is 0. The molecular formula is C5H9NO. The lowest BCUT2D eigenvalue weighted by Crippen LogP contribution is -2.08. The number of hydrogen-bond donors (Lipinski definition) is 0. The molecule has 0 amide bonds. The summed E-state index contributed by atoms with van der Waals surface area (Å²) in [5.41, 5.74) is 0. The summed E-state index contributed by atoms with van der Waals surface area (Å²) in [5, 5.41) is 3.63. The van der Waals surface area contributed by atoms with E-state index >= 15 is 0 Å². The average Bonchev–Trinajstić information content (AvgIpc) is 1.69. The summed E-state index contributed by atoms with van der Waals surface area (Å²) in [6, 6.07) is 0. The van der Waals surface area contributed by atoms with Gasteiger partial charge in [-0.05, 0) is 19.8 Å². The van der Waals surface area contributed by atoms with Crippen LogP contribution in [-0.4, -0.2) is 12.3 Å². The molecule has 1 heterocycles. The molecule has 40 valence electrons. The second kappa shape index (κ2) is 1.96. The first-order chi connectivity index (χ1) is 3.39. The minimum absolute atomic E-state index is 0.338. The topological polar surface area (TPSA) is 21.6 Å². The summed E-state index contributed by atoms with van der Waals surface area (Å²) in [6.07, 6.45) is 4.33. The van der Waals surface area contributed by atoms with Crippen LogP contribution in [-0.2, 0) is 4.84 Å². The maximum absolute atomic E-state index is 4.85. The molecule has 2 heteroatoms. The van der Waals surface area contributed by atoms with Gasteiger partial charge in [-0.25, -0.2) is 0 Å². The Morgan fingerprint density at radius 1 is 1.86 bits per heavy atom. The molecule has 0 fully saturated rings. The highest BCUT2D eigenvalue weighted by Gasteiger charge is 2.02. The van der Waals surface area contributed by atoms with E-state index in [0.29, 0.717) is 6.10 Å². The van der Waals surface area contributed by atoms with Crippen molar-refractivity contribution < 1.29 is 4.84 Å². The van der Waals surface area contributed by atoms with Crippen molar-refractivity contribution in [3.05, 3.63) is 0 Å². The van der Waals surface area contributed by atoms with Gasteiger partial charge >= 0.3 is 0 Å². The summed E-state index contributed by atoms with van der Waals surface area (Å²) in [7, 11) is 0. The van der Waals surface area contributed by atoms with Gasteiger partial charge in [0, 0.05) is 6.21 Å². The van der Waals surface area contributed by atoms with Crippen molar-refractivity contribution in [2.24, 2.45) is 5.16 Å². The molecule has 0 saturated heterocycles.